The van der Waals surface area contributed by atoms with Crippen LogP contribution in [0, 0.1) is 23.7 Å². The SMILES string of the molecule is C=CC(=O)OCCCCCCOc1ccc(OC(=O)C2CCC(OC(=O)c3ccc(OC(=O)C4CCC(OC(=O)c5ccc(OCCCCCCOC)cc5)CC4)cc3/C=N/N(CC#CC)CSc3ccccc3N=C)CC2)cc1.C=CC=O. The zero-order valence-electron chi connectivity index (χ0n) is 48.4. The largest absolute Gasteiger partial charge is 0.494 e. The first-order chi connectivity index (χ1) is 41.0. The van der Waals surface area contributed by atoms with Gasteiger partial charge < -0.3 is 37.9 Å². The van der Waals surface area contributed by atoms with Crippen LogP contribution in [0.5, 0.6) is 23.0 Å². The van der Waals surface area contributed by atoms with Crippen LogP contribution in [-0.4, -0.2) is 112 Å². The van der Waals surface area contributed by atoms with Gasteiger partial charge in [-0.3, -0.25) is 24.4 Å². The number of carbonyl (C=O) groups is 6. The van der Waals surface area contributed by atoms with Crippen molar-refractivity contribution in [3.63, 3.8) is 0 Å². The Hall–Kier alpha value is -8.01. The third-order valence-electron chi connectivity index (χ3n) is 13.7. The van der Waals surface area contributed by atoms with Gasteiger partial charge in [0.25, 0.3) is 0 Å². The first kappa shape index (κ1) is 66.8. The van der Waals surface area contributed by atoms with E-state index in [1.54, 1.807) is 92.0 Å². The first-order valence-electron chi connectivity index (χ1n) is 28.6. The minimum atomic E-state index is -0.582. The zero-order valence-corrected chi connectivity index (χ0v) is 49.2. The Morgan fingerprint density at radius 1 is 0.655 bits per heavy atom. The van der Waals surface area contributed by atoms with Crippen molar-refractivity contribution in [2.24, 2.45) is 21.9 Å². The van der Waals surface area contributed by atoms with Crippen molar-refractivity contribution in [1.82, 2.24) is 5.01 Å². The van der Waals surface area contributed by atoms with E-state index in [1.165, 1.54) is 17.8 Å². The second-order valence-electron chi connectivity index (χ2n) is 19.8. The fourth-order valence-electron chi connectivity index (χ4n) is 9.01. The minimum Gasteiger partial charge on any atom is -0.494 e. The second kappa shape index (κ2) is 38.7. The summed E-state index contributed by atoms with van der Waals surface area (Å²) in [6.45, 7) is 14.5. The highest BCUT2D eigenvalue weighted by Gasteiger charge is 2.32. The summed E-state index contributed by atoms with van der Waals surface area (Å²) >= 11 is 1.51. The van der Waals surface area contributed by atoms with Crippen LogP contribution in [0.2, 0.25) is 0 Å². The molecule has 0 unspecified atom stereocenters. The van der Waals surface area contributed by atoms with Crippen LogP contribution in [0.4, 0.5) is 5.69 Å². The molecule has 2 fully saturated rings. The fourth-order valence-corrected chi connectivity index (χ4v) is 9.91. The molecule has 4 aromatic carbocycles. The average Bonchev–Trinajstić information content (AvgIpc) is 3.67. The first-order valence-corrected chi connectivity index (χ1v) is 29.6. The molecule has 0 saturated heterocycles. The lowest BCUT2D eigenvalue weighted by Gasteiger charge is -2.27. The number of esters is 5. The Morgan fingerprint density at radius 2 is 1.18 bits per heavy atom. The molecule has 0 amide bonds. The van der Waals surface area contributed by atoms with Crippen LogP contribution < -0.4 is 18.9 Å². The number of thioether (sulfide) groups is 1. The summed E-state index contributed by atoms with van der Waals surface area (Å²) in [5.41, 5.74) is 1.76. The van der Waals surface area contributed by atoms with E-state index in [-0.39, 0.29) is 29.3 Å². The van der Waals surface area contributed by atoms with Crippen LogP contribution >= 0.6 is 11.8 Å². The molecule has 0 radical (unpaired) electrons. The summed E-state index contributed by atoms with van der Waals surface area (Å²) in [4.78, 5) is 79.3. The molecule has 0 aliphatic heterocycles. The number of aliphatic imine (C=N–C) groups is 1. The standard InChI is InChI=1S/C63H75N3O13S.C3H4O/c1-5-7-38-66(45-80-58-19-13-12-18-57(58)64-3)65-44-49-43-55(79-62(70)48-22-28-52(29-23-48)76-60(68)46-20-26-50(27-21-46)73-40-15-9-8-14-39-72-4)36-37-56(49)63(71)78-53-30-24-47(25-31-53)61(69)77-54-34-32-51(33-35-54)74-41-16-10-11-17-42-75-59(67)6-2;1-2-3-4/h6,12-13,18-21,26-27,32-37,43-44,47-48,52-53H,2-3,8-11,14-17,22-25,28-31,38-42,45H2,1,4H3;2-3H,1H2/b65-44+;. The van der Waals surface area contributed by atoms with E-state index in [0.29, 0.717) is 118 Å². The number of hydrazone groups is 1. The van der Waals surface area contributed by atoms with Crippen LogP contribution in [0.3, 0.4) is 0 Å². The molecule has 0 spiro atoms. The van der Waals surface area contributed by atoms with Crippen molar-refractivity contribution in [2.75, 3.05) is 46.0 Å². The molecule has 0 heterocycles. The maximum atomic E-state index is 14.0. The Morgan fingerprint density at radius 3 is 1.74 bits per heavy atom. The molecule has 0 N–H and O–H groups in total. The Bertz CT molecular complexity index is 2820. The number of nitrogens with zero attached hydrogens (tertiary/aromatic N) is 3. The van der Waals surface area contributed by atoms with Crippen LogP contribution in [0.25, 0.3) is 0 Å². The van der Waals surface area contributed by atoms with Gasteiger partial charge in [-0.2, -0.15) is 5.10 Å². The number of ether oxygens (including phenoxy) is 8. The van der Waals surface area contributed by atoms with Crippen LogP contribution in [0.1, 0.15) is 136 Å². The number of unbranched alkanes of at least 4 members (excludes halogenated alkanes) is 6. The zero-order chi connectivity index (χ0) is 60.2. The highest BCUT2D eigenvalue weighted by Crippen LogP contribution is 2.33. The molecule has 84 heavy (non-hydrogen) atoms. The van der Waals surface area contributed by atoms with Crippen molar-refractivity contribution in [1.29, 1.82) is 0 Å². The smallest absolute Gasteiger partial charge is 0.339 e. The molecule has 6 rings (SSSR count). The number of rotatable bonds is 33. The van der Waals surface area contributed by atoms with Crippen molar-refractivity contribution in [3.8, 4) is 34.8 Å². The summed E-state index contributed by atoms with van der Waals surface area (Å²) in [6.07, 6.45) is 15.1. The van der Waals surface area contributed by atoms with E-state index in [4.69, 9.17) is 47.8 Å². The topological polar surface area (TPSA) is 204 Å². The Kier molecular flexibility index (Phi) is 30.8. The predicted octanol–water partition coefficient (Wildman–Crippen LogP) is 12.7. The molecule has 0 aromatic heterocycles. The normalized spacial score (nSPS) is 16.2. The van der Waals surface area contributed by atoms with E-state index in [0.717, 1.165) is 74.6 Å². The summed E-state index contributed by atoms with van der Waals surface area (Å²) in [5.74, 6) is 5.40. The summed E-state index contributed by atoms with van der Waals surface area (Å²) in [6, 6.07) is 26.3. The fraction of sp³-hybridized carbons (Fsp3) is 0.424. The minimum absolute atomic E-state index is 0.218. The molecule has 448 valence electrons. The number of aldehydes is 1. The van der Waals surface area contributed by atoms with Gasteiger partial charge in [0, 0.05) is 30.3 Å². The van der Waals surface area contributed by atoms with Crippen LogP contribution in [-0.2, 0) is 38.1 Å². The molecule has 4 aromatic rings. The lowest BCUT2D eigenvalue weighted by atomic mass is 9.87. The van der Waals surface area contributed by atoms with Gasteiger partial charge in [-0.05, 0) is 195 Å². The third kappa shape index (κ3) is 24.4. The van der Waals surface area contributed by atoms with E-state index in [1.807, 2.05) is 24.3 Å². The van der Waals surface area contributed by atoms with Crippen molar-refractivity contribution in [2.45, 2.75) is 127 Å². The maximum absolute atomic E-state index is 14.0. The van der Waals surface area contributed by atoms with Gasteiger partial charge in [0.1, 0.15) is 41.5 Å². The number of hydrogen-bond acceptors (Lipinski definition) is 18. The monoisotopic (exact) mass is 1170 g/mol. The molecule has 0 atom stereocenters. The number of hydrogen-bond donors (Lipinski definition) is 0. The number of para-hydroxylation sites is 1. The van der Waals surface area contributed by atoms with Gasteiger partial charge in [-0.1, -0.05) is 37.6 Å². The molecular weight excluding hydrogens is 1090 g/mol. The van der Waals surface area contributed by atoms with Gasteiger partial charge in [-0.15, -0.1) is 17.7 Å². The van der Waals surface area contributed by atoms with Crippen LogP contribution in [0.15, 0.2) is 131 Å². The molecule has 0 bridgehead atoms. The molecule has 2 aliphatic rings. The van der Waals surface area contributed by atoms with Gasteiger partial charge in [-0.25, -0.2) is 14.4 Å². The van der Waals surface area contributed by atoms with Gasteiger partial charge in [0.2, 0.25) is 0 Å². The van der Waals surface area contributed by atoms with E-state index in [9.17, 15) is 24.0 Å². The molecule has 2 saturated carbocycles. The number of allylic oxidation sites excluding steroid dienone is 1. The van der Waals surface area contributed by atoms with Crippen molar-refractivity contribution < 1.29 is 66.7 Å². The van der Waals surface area contributed by atoms with Gasteiger partial charge in [0.15, 0.2) is 0 Å². The number of benzene rings is 4. The highest BCUT2D eigenvalue weighted by molar-refractivity contribution is 7.99. The molecular formula is C66H79N3O14S. The lowest BCUT2D eigenvalue weighted by Crippen LogP contribution is -2.30. The summed E-state index contributed by atoms with van der Waals surface area (Å²) < 4.78 is 45.4. The molecule has 2 aliphatic carbocycles. The quantitative estimate of drug-likeness (QED) is 0.00372. The molecule has 17 nitrogen and oxygen atoms in total. The van der Waals surface area contributed by atoms with Crippen molar-refractivity contribution >= 4 is 66.5 Å². The Balaban J connectivity index is 0.00000312. The van der Waals surface area contributed by atoms with E-state index >= 15 is 0 Å². The summed E-state index contributed by atoms with van der Waals surface area (Å²) in [7, 11) is 1.71. The second-order valence-corrected chi connectivity index (χ2v) is 20.8. The maximum Gasteiger partial charge on any atom is 0.339 e. The van der Waals surface area contributed by atoms with Crippen molar-refractivity contribution in [3.05, 3.63) is 133 Å². The van der Waals surface area contributed by atoms with E-state index < -0.39 is 35.9 Å². The Labute approximate surface area is 498 Å². The highest BCUT2D eigenvalue weighted by atomic mass is 32.2. The lowest BCUT2D eigenvalue weighted by molar-refractivity contribution is -0.141. The van der Waals surface area contributed by atoms with Gasteiger partial charge in [0.05, 0.1) is 67.1 Å². The number of methoxy groups -OCH3 is 1. The average molecular weight is 1170 g/mol. The van der Waals surface area contributed by atoms with Gasteiger partial charge >= 0.3 is 29.8 Å². The molecule has 18 heteroatoms. The number of carbonyl (C=O) groups excluding carboxylic acids is 6. The predicted molar refractivity (Wildman–Crippen MR) is 324 cm³/mol. The van der Waals surface area contributed by atoms with E-state index in [2.05, 4.69) is 36.7 Å². The summed E-state index contributed by atoms with van der Waals surface area (Å²) in [5, 5.41) is 6.51. The third-order valence-corrected chi connectivity index (χ3v) is 14.8.